The lowest BCUT2D eigenvalue weighted by molar-refractivity contribution is 0.0358. The van der Waals surface area contributed by atoms with E-state index in [1.54, 1.807) is 0 Å². The molecule has 1 atom stereocenters. The molecule has 0 fully saturated rings. The second-order valence-corrected chi connectivity index (χ2v) is 8.99. The van der Waals surface area contributed by atoms with Crippen molar-refractivity contribution in [2.75, 3.05) is 0 Å². The lowest BCUT2D eigenvalue weighted by Crippen LogP contribution is -2.56. The van der Waals surface area contributed by atoms with E-state index in [1.807, 2.05) is 78.8 Å². The number of rotatable bonds is 2. The van der Waals surface area contributed by atoms with Gasteiger partial charge in [-0.1, -0.05) is 23.3 Å². The number of hydrazine groups is 1. The average Bonchev–Trinajstić information content (AvgIpc) is 2.98. The molecular weight excluding hydrogens is 364 g/mol. The van der Waals surface area contributed by atoms with E-state index in [0.717, 1.165) is 34.4 Å². The Morgan fingerprint density at radius 1 is 1.07 bits per heavy atom. The number of benzene rings is 2. The summed E-state index contributed by atoms with van der Waals surface area (Å²) < 4.78 is 5.88. The van der Waals surface area contributed by atoms with Gasteiger partial charge in [-0.05, 0) is 72.2 Å². The molecule has 3 rings (SSSR count). The van der Waals surface area contributed by atoms with Gasteiger partial charge in [-0.3, -0.25) is 15.0 Å². The fourth-order valence-corrected chi connectivity index (χ4v) is 3.78. The van der Waals surface area contributed by atoms with Crippen LogP contribution >= 0.6 is 0 Å². The number of ether oxygens (including phenoxy) is 1. The zero-order valence-electron chi connectivity index (χ0n) is 18.3. The molecule has 0 radical (unpaired) electrons. The molecule has 2 amide bonds. The highest BCUT2D eigenvalue weighted by atomic mass is 16.5. The van der Waals surface area contributed by atoms with Gasteiger partial charge in [0, 0.05) is 23.1 Å². The summed E-state index contributed by atoms with van der Waals surface area (Å²) in [5, 5.41) is 1.42. The van der Waals surface area contributed by atoms with Crippen molar-refractivity contribution in [3.05, 3.63) is 63.7 Å². The number of hydrogen-bond donors (Lipinski definition) is 1. The van der Waals surface area contributed by atoms with E-state index in [2.05, 4.69) is 5.43 Å². The smallest absolute Gasteiger partial charge is 0.272 e. The molecule has 2 aromatic carbocycles. The van der Waals surface area contributed by atoms with E-state index >= 15 is 0 Å². The first-order valence-corrected chi connectivity index (χ1v) is 10.0. The number of carbonyl (C=O) groups excluding carboxylic acids is 2. The summed E-state index contributed by atoms with van der Waals surface area (Å²) in [7, 11) is 0. The van der Waals surface area contributed by atoms with E-state index < -0.39 is 5.54 Å². The quantitative estimate of drug-likeness (QED) is 0.762. The molecule has 2 aromatic rings. The van der Waals surface area contributed by atoms with Crippen LogP contribution < -0.4 is 10.2 Å². The van der Waals surface area contributed by atoms with Crippen LogP contribution in [-0.4, -0.2) is 28.5 Å². The van der Waals surface area contributed by atoms with E-state index in [0.29, 0.717) is 11.1 Å². The van der Waals surface area contributed by atoms with Crippen LogP contribution in [0.25, 0.3) is 0 Å². The normalized spacial score (nSPS) is 15.5. The Hall–Kier alpha value is -2.82. The van der Waals surface area contributed by atoms with Crippen LogP contribution in [-0.2, 0) is 6.42 Å². The molecule has 0 bridgehead atoms. The monoisotopic (exact) mass is 394 g/mol. The molecule has 0 aromatic heterocycles. The summed E-state index contributed by atoms with van der Waals surface area (Å²) in [4.78, 5) is 26.4. The topological polar surface area (TPSA) is 58.6 Å². The second kappa shape index (κ2) is 7.54. The van der Waals surface area contributed by atoms with Crippen molar-refractivity contribution in [3.63, 3.8) is 0 Å². The minimum atomic E-state index is -0.597. The molecule has 0 aliphatic carbocycles. The largest absolute Gasteiger partial charge is 0.490 e. The number of nitrogens with one attached hydrogen (secondary N) is 1. The maximum absolute atomic E-state index is 13.3. The fraction of sp³-hybridized carbons (Fsp3) is 0.417. The lowest BCUT2D eigenvalue weighted by Gasteiger charge is -2.35. The Morgan fingerprint density at radius 3 is 2.28 bits per heavy atom. The molecule has 1 heterocycles. The maximum atomic E-state index is 13.3. The summed E-state index contributed by atoms with van der Waals surface area (Å²) in [6.45, 7) is 13.5. The van der Waals surface area contributed by atoms with Crippen molar-refractivity contribution < 1.29 is 14.3 Å². The first-order valence-electron chi connectivity index (χ1n) is 10.0. The molecule has 5 heteroatoms. The maximum Gasteiger partial charge on any atom is 0.272 e. The van der Waals surface area contributed by atoms with Crippen LogP contribution in [0.1, 0.15) is 70.7 Å². The molecule has 1 aliphatic heterocycles. The first-order chi connectivity index (χ1) is 13.5. The van der Waals surface area contributed by atoms with Crippen molar-refractivity contribution in [2.45, 2.75) is 66.5 Å². The summed E-state index contributed by atoms with van der Waals surface area (Å²) in [5.41, 5.74) is 7.25. The van der Waals surface area contributed by atoms with Gasteiger partial charge in [0.1, 0.15) is 11.9 Å². The van der Waals surface area contributed by atoms with Crippen LogP contribution in [0.4, 0.5) is 0 Å². The first kappa shape index (κ1) is 20.9. The number of amides is 2. The fourth-order valence-electron chi connectivity index (χ4n) is 3.78. The van der Waals surface area contributed by atoms with E-state index in [1.165, 1.54) is 5.01 Å². The molecule has 154 valence electrons. The summed E-state index contributed by atoms with van der Waals surface area (Å²) in [6.07, 6.45) is 0.955. The van der Waals surface area contributed by atoms with Gasteiger partial charge in [-0.15, -0.1) is 0 Å². The number of nitrogens with zero attached hydrogens (tertiary/aromatic N) is 1. The predicted molar refractivity (Wildman–Crippen MR) is 114 cm³/mol. The third kappa shape index (κ3) is 4.29. The number of hydrogen-bond acceptors (Lipinski definition) is 3. The predicted octanol–water partition coefficient (Wildman–Crippen LogP) is 4.52. The number of fused-ring (bicyclic) bond motifs is 1. The van der Waals surface area contributed by atoms with E-state index in [9.17, 15) is 9.59 Å². The van der Waals surface area contributed by atoms with Crippen molar-refractivity contribution in [1.82, 2.24) is 10.4 Å². The van der Waals surface area contributed by atoms with Gasteiger partial charge in [0.05, 0.1) is 5.54 Å². The standard InChI is InChI=1S/C24H30N2O3/c1-14-10-15(2)12-19(11-14)23(28)26(24(5,6)7)25-22(27)20-9-8-18-13-16(3)29-21(18)17(20)4/h8-12,16H,13H2,1-7H3,(H,25,27). The van der Waals surface area contributed by atoms with Crippen molar-refractivity contribution in [2.24, 2.45) is 0 Å². The summed E-state index contributed by atoms with van der Waals surface area (Å²) in [5.74, 6) is 0.232. The van der Waals surface area contributed by atoms with Crippen molar-refractivity contribution >= 4 is 11.8 Å². The highest BCUT2D eigenvalue weighted by Gasteiger charge is 2.31. The highest BCUT2D eigenvalue weighted by molar-refractivity contribution is 6.00. The number of aryl methyl sites for hydroxylation is 2. The number of carbonyl (C=O) groups is 2. The summed E-state index contributed by atoms with van der Waals surface area (Å²) in [6, 6.07) is 9.46. The van der Waals surface area contributed by atoms with Gasteiger partial charge in [0.15, 0.2) is 0 Å². The zero-order chi connectivity index (χ0) is 21.5. The van der Waals surface area contributed by atoms with Crippen molar-refractivity contribution in [3.8, 4) is 5.75 Å². The van der Waals surface area contributed by atoms with Gasteiger partial charge in [0.2, 0.25) is 0 Å². The summed E-state index contributed by atoms with van der Waals surface area (Å²) >= 11 is 0. The van der Waals surface area contributed by atoms with Crippen molar-refractivity contribution in [1.29, 1.82) is 0 Å². The van der Waals surface area contributed by atoms with Gasteiger partial charge in [0.25, 0.3) is 11.8 Å². The Balaban J connectivity index is 1.91. The Bertz CT molecular complexity index is 953. The Morgan fingerprint density at radius 2 is 1.69 bits per heavy atom. The molecule has 0 saturated carbocycles. The third-order valence-electron chi connectivity index (χ3n) is 5.11. The molecule has 5 nitrogen and oxygen atoms in total. The third-order valence-corrected chi connectivity index (χ3v) is 5.11. The molecule has 29 heavy (non-hydrogen) atoms. The van der Waals surface area contributed by atoms with Gasteiger partial charge in [-0.25, -0.2) is 5.01 Å². The molecule has 1 aliphatic rings. The molecule has 0 spiro atoms. The zero-order valence-corrected chi connectivity index (χ0v) is 18.3. The SMILES string of the molecule is Cc1cc(C)cc(C(=O)N(NC(=O)c2ccc3c(c2C)OC(C)C3)C(C)(C)C)c1. The Labute approximate surface area is 173 Å². The van der Waals surface area contributed by atoms with Gasteiger partial charge >= 0.3 is 0 Å². The highest BCUT2D eigenvalue weighted by Crippen LogP contribution is 2.34. The van der Waals surface area contributed by atoms with E-state index in [4.69, 9.17) is 4.74 Å². The molecule has 1 unspecified atom stereocenters. The average molecular weight is 395 g/mol. The van der Waals surface area contributed by atoms with Crippen LogP contribution in [0.3, 0.4) is 0 Å². The molecular formula is C24H30N2O3. The van der Waals surface area contributed by atoms with Crippen LogP contribution in [0.2, 0.25) is 0 Å². The lowest BCUT2D eigenvalue weighted by atomic mass is 10.0. The van der Waals surface area contributed by atoms with Gasteiger partial charge < -0.3 is 4.74 Å². The van der Waals surface area contributed by atoms with Gasteiger partial charge in [-0.2, -0.15) is 0 Å². The molecule has 0 saturated heterocycles. The van der Waals surface area contributed by atoms with Crippen LogP contribution in [0.5, 0.6) is 5.75 Å². The minimum Gasteiger partial charge on any atom is -0.490 e. The Kier molecular flexibility index (Phi) is 5.44. The molecule has 1 N–H and O–H groups in total. The minimum absolute atomic E-state index is 0.110. The van der Waals surface area contributed by atoms with Crippen LogP contribution in [0.15, 0.2) is 30.3 Å². The van der Waals surface area contributed by atoms with Crippen LogP contribution in [0, 0.1) is 20.8 Å². The van der Waals surface area contributed by atoms with E-state index in [-0.39, 0.29) is 17.9 Å². The second-order valence-electron chi connectivity index (χ2n) is 8.99.